The Kier molecular flexibility index (Phi) is 3.84. The second-order valence-electron chi connectivity index (χ2n) is 4.47. The zero-order valence-electron chi connectivity index (χ0n) is 9.95. The average Bonchev–Trinajstić information content (AvgIpc) is 3.11. The summed E-state index contributed by atoms with van der Waals surface area (Å²) in [7, 11) is 0. The largest absolute Gasteiger partial charge is 0.480 e. The van der Waals surface area contributed by atoms with Crippen molar-refractivity contribution in [1.29, 1.82) is 0 Å². The summed E-state index contributed by atoms with van der Waals surface area (Å²) < 4.78 is 0. The lowest BCUT2D eigenvalue weighted by Gasteiger charge is -2.21. The van der Waals surface area contributed by atoms with Crippen molar-refractivity contribution in [2.45, 2.75) is 12.8 Å². The third-order valence-corrected chi connectivity index (χ3v) is 3.02. The number of anilines is 1. The molecule has 7 nitrogen and oxygen atoms in total. The normalized spacial score (nSPS) is 14.2. The van der Waals surface area contributed by atoms with Crippen molar-refractivity contribution < 1.29 is 14.8 Å². The Morgan fingerprint density at radius 3 is 2.84 bits per heavy atom. The maximum Gasteiger partial charge on any atom is 0.323 e. The lowest BCUT2D eigenvalue weighted by Crippen LogP contribution is -2.32. The van der Waals surface area contributed by atoms with Crippen molar-refractivity contribution in [3.05, 3.63) is 27.4 Å². The zero-order valence-corrected chi connectivity index (χ0v) is 10.7. The number of hydrogen-bond donors (Lipinski definition) is 1. The maximum absolute atomic E-state index is 11.0. The summed E-state index contributed by atoms with van der Waals surface area (Å²) in [5.41, 5.74) is -0.269. The third-order valence-electron chi connectivity index (χ3n) is 2.81. The fourth-order valence-corrected chi connectivity index (χ4v) is 1.95. The number of carboxylic acids is 1. The second kappa shape index (κ2) is 5.40. The van der Waals surface area contributed by atoms with Crippen LogP contribution in [0.4, 0.5) is 11.5 Å². The first-order valence-electron chi connectivity index (χ1n) is 5.74. The standard InChI is InChI=1S/C11H12ClN3O4/c12-8-3-9(15(18)19)11(13-4-8)14(6-10(16)17)5-7-1-2-7/h3-4,7H,1-2,5-6H2,(H,16,17). The Hall–Kier alpha value is -1.89. The van der Waals surface area contributed by atoms with Crippen molar-refractivity contribution in [2.24, 2.45) is 5.92 Å². The van der Waals surface area contributed by atoms with Gasteiger partial charge in [-0.05, 0) is 18.8 Å². The highest BCUT2D eigenvalue weighted by atomic mass is 35.5. The van der Waals surface area contributed by atoms with E-state index in [2.05, 4.69) is 4.98 Å². The van der Waals surface area contributed by atoms with Crippen LogP contribution >= 0.6 is 11.6 Å². The van der Waals surface area contributed by atoms with Crippen molar-refractivity contribution in [3.8, 4) is 0 Å². The molecule has 2 rings (SSSR count). The molecule has 1 aliphatic rings. The van der Waals surface area contributed by atoms with Crippen LogP contribution in [0.3, 0.4) is 0 Å². The summed E-state index contributed by atoms with van der Waals surface area (Å²) in [5, 5.41) is 20.0. The van der Waals surface area contributed by atoms with Crippen LogP contribution in [0.2, 0.25) is 5.02 Å². The Morgan fingerprint density at radius 1 is 1.63 bits per heavy atom. The molecule has 0 spiro atoms. The van der Waals surface area contributed by atoms with Gasteiger partial charge in [0.05, 0.1) is 9.95 Å². The molecule has 0 radical (unpaired) electrons. The van der Waals surface area contributed by atoms with E-state index in [0.717, 1.165) is 12.8 Å². The van der Waals surface area contributed by atoms with E-state index in [9.17, 15) is 14.9 Å². The molecule has 1 saturated carbocycles. The molecular formula is C11H12ClN3O4. The van der Waals surface area contributed by atoms with E-state index in [1.54, 1.807) is 0 Å². The van der Waals surface area contributed by atoms with Crippen LogP contribution in [0.15, 0.2) is 12.3 Å². The van der Waals surface area contributed by atoms with Crippen LogP contribution in [0.5, 0.6) is 0 Å². The van der Waals surface area contributed by atoms with Crippen molar-refractivity contribution in [3.63, 3.8) is 0 Å². The minimum atomic E-state index is -1.05. The van der Waals surface area contributed by atoms with Gasteiger partial charge in [0, 0.05) is 18.8 Å². The van der Waals surface area contributed by atoms with Gasteiger partial charge in [0.1, 0.15) is 6.54 Å². The Bertz CT molecular complexity index is 519. The van der Waals surface area contributed by atoms with Crippen LogP contribution in [0.1, 0.15) is 12.8 Å². The van der Waals surface area contributed by atoms with Crippen molar-refractivity contribution in [2.75, 3.05) is 18.0 Å². The van der Waals surface area contributed by atoms with Crippen LogP contribution in [-0.4, -0.2) is 34.1 Å². The number of pyridine rings is 1. The van der Waals surface area contributed by atoms with E-state index in [4.69, 9.17) is 16.7 Å². The number of halogens is 1. The zero-order chi connectivity index (χ0) is 14.0. The minimum Gasteiger partial charge on any atom is -0.480 e. The predicted octanol–water partition coefficient (Wildman–Crippen LogP) is 1.94. The lowest BCUT2D eigenvalue weighted by atomic mass is 10.3. The lowest BCUT2D eigenvalue weighted by molar-refractivity contribution is -0.384. The van der Waals surface area contributed by atoms with E-state index in [0.29, 0.717) is 12.5 Å². The van der Waals surface area contributed by atoms with E-state index in [-0.39, 0.29) is 23.1 Å². The highest BCUT2D eigenvalue weighted by Crippen LogP contribution is 2.34. The molecule has 1 aromatic rings. The quantitative estimate of drug-likeness (QED) is 0.634. The van der Waals surface area contributed by atoms with E-state index < -0.39 is 10.9 Å². The molecule has 1 N–H and O–H groups in total. The highest BCUT2D eigenvalue weighted by Gasteiger charge is 2.30. The molecule has 0 atom stereocenters. The summed E-state index contributed by atoms with van der Waals surface area (Å²) in [5.74, 6) is -0.605. The van der Waals surface area contributed by atoms with E-state index in [1.165, 1.54) is 17.2 Å². The molecule has 0 unspecified atom stereocenters. The molecule has 1 fully saturated rings. The summed E-state index contributed by atoms with van der Waals surface area (Å²) in [4.78, 5) is 26.6. The van der Waals surface area contributed by atoms with Gasteiger partial charge in [0.2, 0.25) is 5.82 Å². The van der Waals surface area contributed by atoms with Gasteiger partial charge in [-0.3, -0.25) is 14.9 Å². The average molecular weight is 286 g/mol. The SMILES string of the molecule is O=C(O)CN(CC1CC1)c1ncc(Cl)cc1[N+](=O)[O-]. The maximum atomic E-state index is 11.0. The van der Waals surface area contributed by atoms with E-state index in [1.807, 2.05) is 0 Å². The summed E-state index contributed by atoms with van der Waals surface area (Å²) in [6.45, 7) is 0.147. The molecular weight excluding hydrogens is 274 g/mol. The van der Waals surface area contributed by atoms with Crippen LogP contribution in [-0.2, 0) is 4.79 Å². The van der Waals surface area contributed by atoms with Crippen LogP contribution in [0, 0.1) is 16.0 Å². The number of aliphatic carboxylic acids is 1. The molecule has 0 amide bonds. The van der Waals surface area contributed by atoms with Gasteiger partial charge in [0.15, 0.2) is 0 Å². The number of carbonyl (C=O) groups is 1. The fraction of sp³-hybridized carbons (Fsp3) is 0.455. The van der Waals surface area contributed by atoms with Gasteiger partial charge in [-0.25, -0.2) is 4.98 Å². The number of carboxylic acid groups (broad SMARTS) is 1. The molecule has 8 heteroatoms. The summed E-state index contributed by atoms with van der Waals surface area (Å²) in [6, 6.07) is 1.19. The number of hydrogen-bond acceptors (Lipinski definition) is 5. The van der Waals surface area contributed by atoms with Crippen molar-refractivity contribution >= 4 is 29.1 Å². The molecule has 0 aromatic carbocycles. The third kappa shape index (κ3) is 3.54. The molecule has 1 heterocycles. The monoisotopic (exact) mass is 285 g/mol. The van der Waals surface area contributed by atoms with Gasteiger partial charge in [-0.15, -0.1) is 0 Å². The highest BCUT2D eigenvalue weighted by molar-refractivity contribution is 6.30. The molecule has 0 aliphatic heterocycles. The fourth-order valence-electron chi connectivity index (χ4n) is 1.80. The molecule has 19 heavy (non-hydrogen) atoms. The molecule has 0 bridgehead atoms. The Labute approximate surface area is 114 Å². The predicted molar refractivity (Wildman–Crippen MR) is 68.5 cm³/mol. The first-order valence-corrected chi connectivity index (χ1v) is 6.12. The van der Waals surface area contributed by atoms with Crippen molar-refractivity contribution in [1.82, 2.24) is 4.98 Å². The molecule has 0 saturated heterocycles. The smallest absolute Gasteiger partial charge is 0.323 e. The number of rotatable bonds is 6. The minimum absolute atomic E-state index is 0.0590. The molecule has 1 aliphatic carbocycles. The van der Waals surface area contributed by atoms with Gasteiger partial charge in [-0.2, -0.15) is 0 Å². The van der Waals surface area contributed by atoms with Crippen LogP contribution in [0.25, 0.3) is 0 Å². The summed E-state index contributed by atoms with van der Waals surface area (Å²) >= 11 is 5.69. The van der Waals surface area contributed by atoms with Gasteiger partial charge < -0.3 is 10.0 Å². The number of nitro groups is 1. The van der Waals surface area contributed by atoms with E-state index >= 15 is 0 Å². The molecule has 1 aromatic heterocycles. The number of nitrogens with zero attached hydrogens (tertiary/aromatic N) is 3. The van der Waals surface area contributed by atoms with Gasteiger partial charge in [-0.1, -0.05) is 11.6 Å². The van der Waals surface area contributed by atoms with Crippen LogP contribution < -0.4 is 4.90 Å². The Balaban J connectivity index is 2.33. The van der Waals surface area contributed by atoms with Gasteiger partial charge >= 0.3 is 11.7 Å². The second-order valence-corrected chi connectivity index (χ2v) is 4.91. The van der Waals surface area contributed by atoms with Gasteiger partial charge in [0.25, 0.3) is 0 Å². The Morgan fingerprint density at radius 2 is 2.32 bits per heavy atom. The first-order chi connectivity index (χ1) is 8.97. The molecule has 102 valence electrons. The first kappa shape index (κ1) is 13.5. The summed E-state index contributed by atoms with van der Waals surface area (Å²) in [6.07, 6.45) is 3.31. The topological polar surface area (TPSA) is 96.6 Å². The number of aromatic nitrogens is 1.